The number of carbonyl (C=O) groups excluding carboxylic acids is 2. The van der Waals surface area contributed by atoms with Crippen molar-refractivity contribution in [1.82, 2.24) is 4.90 Å². The van der Waals surface area contributed by atoms with Crippen LogP contribution in [0.3, 0.4) is 0 Å². The van der Waals surface area contributed by atoms with Crippen LogP contribution in [0.5, 0.6) is 5.75 Å². The summed E-state index contributed by atoms with van der Waals surface area (Å²) < 4.78 is 11.0. The first-order valence-corrected chi connectivity index (χ1v) is 9.81. The summed E-state index contributed by atoms with van der Waals surface area (Å²) in [6.45, 7) is 4.41. The molecule has 0 radical (unpaired) electrons. The van der Waals surface area contributed by atoms with Gasteiger partial charge >= 0.3 is 5.63 Å². The van der Waals surface area contributed by atoms with Crippen molar-refractivity contribution in [2.75, 3.05) is 24.5 Å². The van der Waals surface area contributed by atoms with Crippen molar-refractivity contribution in [2.45, 2.75) is 20.0 Å². The van der Waals surface area contributed by atoms with E-state index in [-0.39, 0.29) is 24.1 Å². The lowest BCUT2D eigenvalue weighted by Gasteiger charge is -2.34. The first-order chi connectivity index (χ1) is 14.4. The first kappa shape index (κ1) is 19.7. The number of amides is 2. The molecule has 7 nitrogen and oxygen atoms in total. The molecule has 3 aromatic rings. The molecule has 154 valence electrons. The van der Waals surface area contributed by atoms with Gasteiger partial charge in [-0.1, -0.05) is 18.2 Å². The molecule has 30 heavy (non-hydrogen) atoms. The van der Waals surface area contributed by atoms with Crippen LogP contribution in [0.4, 0.5) is 5.69 Å². The van der Waals surface area contributed by atoms with E-state index in [0.717, 1.165) is 5.69 Å². The molecule has 1 aliphatic rings. The average Bonchev–Trinajstić information content (AvgIpc) is 2.73. The number of ether oxygens (including phenoxy) is 1. The van der Waals surface area contributed by atoms with E-state index in [1.54, 1.807) is 23.1 Å². The van der Waals surface area contributed by atoms with Crippen LogP contribution in [0, 0.1) is 0 Å². The number of carbonyl (C=O) groups is 2. The van der Waals surface area contributed by atoms with Crippen LogP contribution in [0.15, 0.2) is 63.8 Å². The number of hydrogen-bond acceptors (Lipinski definition) is 5. The molecule has 0 spiro atoms. The van der Waals surface area contributed by atoms with Gasteiger partial charge < -0.3 is 19.0 Å². The van der Waals surface area contributed by atoms with E-state index in [2.05, 4.69) is 0 Å². The maximum Gasteiger partial charge on any atom is 0.349 e. The van der Waals surface area contributed by atoms with Crippen molar-refractivity contribution < 1.29 is 18.7 Å². The lowest BCUT2D eigenvalue weighted by Crippen LogP contribution is -2.53. The number of benzene rings is 2. The fourth-order valence-electron chi connectivity index (χ4n) is 3.48. The van der Waals surface area contributed by atoms with Gasteiger partial charge in [0.15, 0.2) is 0 Å². The monoisotopic (exact) mass is 406 g/mol. The molecule has 4 rings (SSSR count). The highest BCUT2D eigenvalue weighted by Gasteiger charge is 2.30. The van der Waals surface area contributed by atoms with Crippen LogP contribution in [0.1, 0.15) is 24.2 Å². The van der Waals surface area contributed by atoms with Crippen LogP contribution < -0.4 is 15.3 Å². The van der Waals surface area contributed by atoms with E-state index in [1.165, 1.54) is 11.0 Å². The summed E-state index contributed by atoms with van der Waals surface area (Å²) in [6, 6.07) is 15.9. The lowest BCUT2D eigenvalue weighted by molar-refractivity contribution is -0.120. The number of hydrogen-bond donors (Lipinski definition) is 0. The fourth-order valence-corrected chi connectivity index (χ4v) is 3.48. The Balaban J connectivity index is 1.55. The van der Waals surface area contributed by atoms with E-state index in [9.17, 15) is 14.4 Å². The normalized spacial score (nSPS) is 14.4. The van der Waals surface area contributed by atoms with Crippen LogP contribution in [-0.4, -0.2) is 42.5 Å². The molecule has 0 aliphatic carbocycles. The third-order valence-corrected chi connectivity index (χ3v) is 4.89. The van der Waals surface area contributed by atoms with Crippen molar-refractivity contribution in [3.8, 4) is 5.75 Å². The highest BCUT2D eigenvalue weighted by atomic mass is 16.5. The summed E-state index contributed by atoms with van der Waals surface area (Å²) in [5.74, 6) is -0.113. The van der Waals surface area contributed by atoms with E-state index < -0.39 is 11.5 Å². The first-order valence-electron chi connectivity index (χ1n) is 9.81. The molecule has 1 aromatic heterocycles. The van der Waals surface area contributed by atoms with Gasteiger partial charge in [0.25, 0.3) is 5.91 Å². The van der Waals surface area contributed by atoms with E-state index in [0.29, 0.717) is 29.8 Å². The van der Waals surface area contributed by atoms with Crippen LogP contribution in [0.2, 0.25) is 0 Å². The second kappa shape index (κ2) is 8.02. The Hall–Kier alpha value is -3.61. The largest absolute Gasteiger partial charge is 0.491 e. The molecule has 2 aromatic carbocycles. The number of nitrogens with zero attached hydrogens (tertiary/aromatic N) is 2. The molecular weight excluding hydrogens is 384 g/mol. The van der Waals surface area contributed by atoms with Gasteiger partial charge in [0.1, 0.15) is 23.4 Å². The minimum absolute atomic E-state index is 0.0119. The summed E-state index contributed by atoms with van der Waals surface area (Å²) in [5, 5.41) is 0.614. The topological polar surface area (TPSA) is 80.1 Å². The summed E-state index contributed by atoms with van der Waals surface area (Å²) in [5.41, 5.74) is 0.326. The second-order valence-corrected chi connectivity index (χ2v) is 7.42. The number of anilines is 1. The van der Waals surface area contributed by atoms with Crippen LogP contribution >= 0.6 is 0 Å². The number of piperazine rings is 1. The Labute approximate surface area is 173 Å². The predicted molar refractivity (Wildman–Crippen MR) is 113 cm³/mol. The molecule has 0 N–H and O–H groups in total. The van der Waals surface area contributed by atoms with Gasteiger partial charge in [-0.05, 0) is 44.2 Å². The third kappa shape index (κ3) is 3.91. The molecule has 2 amide bonds. The van der Waals surface area contributed by atoms with Crippen LogP contribution in [-0.2, 0) is 4.79 Å². The Morgan fingerprint density at radius 3 is 2.50 bits per heavy atom. The minimum atomic E-state index is -0.730. The molecule has 1 fully saturated rings. The summed E-state index contributed by atoms with van der Waals surface area (Å²) in [4.78, 5) is 41.0. The molecule has 2 heterocycles. The number of para-hydroxylation sites is 1. The van der Waals surface area contributed by atoms with Crippen molar-refractivity contribution in [2.24, 2.45) is 0 Å². The Kier molecular flexibility index (Phi) is 5.27. The van der Waals surface area contributed by atoms with Crippen LogP contribution in [0.25, 0.3) is 11.0 Å². The summed E-state index contributed by atoms with van der Waals surface area (Å²) in [7, 11) is 0. The number of rotatable bonds is 4. The maximum atomic E-state index is 12.9. The Morgan fingerprint density at radius 2 is 1.80 bits per heavy atom. The van der Waals surface area contributed by atoms with E-state index in [4.69, 9.17) is 9.15 Å². The lowest BCUT2D eigenvalue weighted by atomic mass is 10.1. The zero-order valence-corrected chi connectivity index (χ0v) is 16.8. The van der Waals surface area contributed by atoms with E-state index in [1.807, 2.05) is 44.2 Å². The highest BCUT2D eigenvalue weighted by molar-refractivity contribution is 6.02. The van der Waals surface area contributed by atoms with Crippen molar-refractivity contribution >= 4 is 28.5 Å². The molecule has 7 heteroatoms. The molecule has 0 atom stereocenters. The highest BCUT2D eigenvalue weighted by Crippen LogP contribution is 2.22. The average molecular weight is 406 g/mol. The minimum Gasteiger partial charge on any atom is -0.491 e. The second-order valence-electron chi connectivity index (χ2n) is 7.42. The standard InChI is InChI=1S/C23H22N2O5/c1-15(2)29-18-9-8-16-12-19(23(28)30-20(16)13-18)22(27)24-10-11-25(21(26)14-24)17-6-4-3-5-7-17/h3-9,12-13,15H,10-11,14H2,1-2H3. The maximum absolute atomic E-state index is 12.9. The Bertz CT molecular complexity index is 1150. The molecule has 0 unspecified atom stereocenters. The van der Waals surface area contributed by atoms with Gasteiger partial charge in [0, 0.05) is 30.2 Å². The smallest absolute Gasteiger partial charge is 0.349 e. The van der Waals surface area contributed by atoms with Gasteiger partial charge in [0.05, 0.1) is 6.10 Å². The zero-order valence-electron chi connectivity index (χ0n) is 16.8. The molecule has 0 saturated carbocycles. The molecular formula is C23H22N2O5. The third-order valence-electron chi connectivity index (χ3n) is 4.89. The van der Waals surface area contributed by atoms with Gasteiger partial charge in [0.2, 0.25) is 5.91 Å². The van der Waals surface area contributed by atoms with Crippen molar-refractivity contribution in [3.63, 3.8) is 0 Å². The SMILES string of the molecule is CC(C)Oc1ccc2cc(C(=O)N3CCN(c4ccccc4)C(=O)C3)c(=O)oc2c1. The summed E-state index contributed by atoms with van der Waals surface area (Å²) in [6.07, 6.45) is -0.0119. The quantitative estimate of drug-likeness (QED) is 0.622. The summed E-state index contributed by atoms with van der Waals surface area (Å²) >= 11 is 0. The predicted octanol–water partition coefficient (Wildman–Crippen LogP) is 3.07. The van der Waals surface area contributed by atoms with E-state index >= 15 is 0 Å². The molecule has 0 bridgehead atoms. The van der Waals surface area contributed by atoms with Crippen molar-refractivity contribution in [1.29, 1.82) is 0 Å². The number of fused-ring (bicyclic) bond motifs is 1. The fraction of sp³-hybridized carbons (Fsp3) is 0.261. The van der Waals surface area contributed by atoms with Gasteiger partial charge in [-0.15, -0.1) is 0 Å². The Morgan fingerprint density at radius 1 is 1.03 bits per heavy atom. The van der Waals surface area contributed by atoms with Crippen molar-refractivity contribution in [3.05, 3.63) is 70.6 Å². The van der Waals surface area contributed by atoms with Gasteiger partial charge in [-0.25, -0.2) is 4.79 Å². The van der Waals surface area contributed by atoms with Gasteiger partial charge in [-0.3, -0.25) is 9.59 Å². The van der Waals surface area contributed by atoms with Gasteiger partial charge in [-0.2, -0.15) is 0 Å². The molecule has 1 saturated heterocycles. The zero-order chi connectivity index (χ0) is 21.3. The molecule has 1 aliphatic heterocycles.